The Morgan fingerprint density at radius 3 is 2.63 bits per heavy atom. The van der Waals surface area contributed by atoms with Crippen LogP contribution < -0.4 is 5.32 Å². The highest BCUT2D eigenvalue weighted by Crippen LogP contribution is 2.20. The first-order valence-electron chi connectivity index (χ1n) is 8.95. The first-order chi connectivity index (χ1) is 13.1. The van der Waals surface area contributed by atoms with E-state index in [4.69, 9.17) is 11.6 Å². The molecule has 1 fully saturated rings. The lowest BCUT2D eigenvalue weighted by Crippen LogP contribution is -2.51. The summed E-state index contributed by atoms with van der Waals surface area (Å²) in [5, 5.41) is 5.51. The van der Waals surface area contributed by atoms with Crippen molar-refractivity contribution >= 4 is 46.5 Å². The van der Waals surface area contributed by atoms with Crippen molar-refractivity contribution in [1.82, 2.24) is 15.2 Å². The maximum absolute atomic E-state index is 12.9. The summed E-state index contributed by atoms with van der Waals surface area (Å²) in [6, 6.07) is 6.79. The van der Waals surface area contributed by atoms with E-state index in [-0.39, 0.29) is 17.6 Å². The summed E-state index contributed by atoms with van der Waals surface area (Å²) in [5.74, 6) is 0.0933. The predicted molar refractivity (Wildman–Crippen MR) is 110 cm³/mol. The zero-order valence-corrected chi connectivity index (χ0v) is 17.3. The molecule has 1 aromatic carbocycles. The van der Waals surface area contributed by atoms with Crippen LogP contribution in [-0.4, -0.2) is 46.6 Å². The van der Waals surface area contributed by atoms with Crippen molar-refractivity contribution in [2.24, 2.45) is 0 Å². The van der Waals surface area contributed by atoms with Crippen molar-refractivity contribution in [1.29, 1.82) is 0 Å². The summed E-state index contributed by atoms with van der Waals surface area (Å²) < 4.78 is 0. The molecule has 144 valence electrons. The van der Waals surface area contributed by atoms with Crippen LogP contribution in [0.15, 0.2) is 40.1 Å². The number of piperidine rings is 1. The second kappa shape index (κ2) is 10.1. The first kappa shape index (κ1) is 20.2. The number of hydrogen-bond acceptors (Lipinski definition) is 5. The molecular weight excluding hydrogens is 402 g/mol. The van der Waals surface area contributed by atoms with Crippen LogP contribution >= 0.6 is 34.7 Å². The van der Waals surface area contributed by atoms with Gasteiger partial charge in [0.2, 0.25) is 11.8 Å². The molecule has 0 spiro atoms. The number of carbonyl (C=O) groups is 2. The summed E-state index contributed by atoms with van der Waals surface area (Å²) in [7, 11) is 0. The first-order valence-corrected chi connectivity index (χ1v) is 11.3. The summed E-state index contributed by atoms with van der Waals surface area (Å²) in [4.78, 5) is 32.5. The lowest BCUT2D eigenvalue weighted by atomic mass is 10.1. The Labute approximate surface area is 172 Å². The molecule has 5 nitrogen and oxygen atoms in total. The minimum absolute atomic E-state index is 0.00690. The van der Waals surface area contributed by atoms with Gasteiger partial charge in [-0.1, -0.05) is 11.6 Å². The van der Waals surface area contributed by atoms with Crippen molar-refractivity contribution < 1.29 is 9.59 Å². The highest BCUT2D eigenvalue weighted by Gasteiger charge is 2.27. The van der Waals surface area contributed by atoms with Crippen molar-refractivity contribution in [3.05, 3.63) is 45.9 Å². The van der Waals surface area contributed by atoms with Gasteiger partial charge in [-0.15, -0.1) is 23.1 Å². The molecule has 1 saturated heterocycles. The van der Waals surface area contributed by atoms with E-state index in [1.54, 1.807) is 17.6 Å². The molecule has 1 aliphatic heterocycles. The smallest absolute Gasteiger partial charge is 0.245 e. The fraction of sp³-hybridized carbons (Fsp3) is 0.421. The molecule has 2 heterocycles. The minimum Gasteiger partial charge on any atom is -0.343 e. The number of aromatic nitrogens is 1. The van der Waals surface area contributed by atoms with Gasteiger partial charge in [-0.25, -0.2) is 4.98 Å². The third kappa shape index (κ3) is 6.23. The van der Waals surface area contributed by atoms with Gasteiger partial charge in [0.1, 0.15) is 6.04 Å². The Morgan fingerprint density at radius 1 is 1.22 bits per heavy atom. The molecule has 1 N–H and O–H groups in total. The van der Waals surface area contributed by atoms with E-state index in [1.807, 2.05) is 22.4 Å². The summed E-state index contributed by atoms with van der Waals surface area (Å²) in [5.41, 5.74) is 2.58. The number of hydrogen-bond donors (Lipinski definition) is 1. The van der Waals surface area contributed by atoms with Crippen LogP contribution in [0.25, 0.3) is 0 Å². The number of nitrogens with one attached hydrogen (secondary N) is 1. The Bertz CT molecular complexity index is 747. The quantitative estimate of drug-likeness (QED) is 0.691. The van der Waals surface area contributed by atoms with E-state index in [2.05, 4.69) is 10.3 Å². The molecule has 3 rings (SSSR count). The van der Waals surface area contributed by atoms with Gasteiger partial charge in [0, 0.05) is 34.8 Å². The third-order valence-corrected chi connectivity index (χ3v) is 6.28. The molecule has 0 bridgehead atoms. The van der Waals surface area contributed by atoms with Crippen molar-refractivity contribution in [2.75, 3.05) is 18.8 Å². The third-order valence-electron chi connectivity index (χ3n) is 4.38. The molecule has 1 aliphatic rings. The van der Waals surface area contributed by atoms with Crippen LogP contribution in [-0.2, 0) is 16.0 Å². The normalized spacial score (nSPS) is 15.4. The standard InChI is InChI=1S/C19H22ClN3O2S2/c20-14-4-6-16(7-5-14)27-12-18(24)22-17(10-15-11-26-13-21-15)19(25)23-8-2-1-3-9-23/h4-7,11,13,17H,1-3,8-10,12H2,(H,22,24). The zero-order chi connectivity index (χ0) is 19.1. The van der Waals surface area contributed by atoms with Gasteiger partial charge in [0.15, 0.2) is 0 Å². The van der Waals surface area contributed by atoms with Crippen LogP contribution in [0.3, 0.4) is 0 Å². The number of rotatable bonds is 7. The molecule has 0 radical (unpaired) electrons. The minimum atomic E-state index is -0.566. The number of thioether (sulfide) groups is 1. The van der Waals surface area contributed by atoms with E-state index >= 15 is 0 Å². The maximum Gasteiger partial charge on any atom is 0.245 e. The Kier molecular flexibility index (Phi) is 7.55. The van der Waals surface area contributed by atoms with E-state index in [0.29, 0.717) is 11.4 Å². The largest absolute Gasteiger partial charge is 0.343 e. The molecule has 27 heavy (non-hydrogen) atoms. The molecule has 1 aromatic heterocycles. The average Bonchev–Trinajstić information content (AvgIpc) is 3.20. The lowest BCUT2D eigenvalue weighted by Gasteiger charge is -2.30. The number of amides is 2. The number of nitrogens with zero attached hydrogens (tertiary/aromatic N) is 2. The molecule has 0 aliphatic carbocycles. The van der Waals surface area contributed by atoms with Crippen molar-refractivity contribution in [3.63, 3.8) is 0 Å². The van der Waals surface area contributed by atoms with Crippen LogP contribution in [0.2, 0.25) is 5.02 Å². The fourth-order valence-electron chi connectivity index (χ4n) is 3.00. The van der Waals surface area contributed by atoms with Crippen molar-refractivity contribution in [2.45, 2.75) is 36.6 Å². The summed E-state index contributed by atoms with van der Waals surface area (Å²) in [6.45, 7) is 1.53. The molecule has 1 atom stereocenters. The SMILES string of the molecule is O=C(CSc1ccc(Cl)cc1)NC(Cc1cscn1)C(=O)N1CCCCC1. The van der Waals surface area contributed by atoms with Gasteiger partial charge in [0.05, 0.1) is 17.0 Å². The van der Waals surface area contributed by atoms with Gasteiger partial charge in [-0.2, -0.15) is 0 Å². The van der Waals surface area contributed by atoms with E-state index < -0.39 is 6.04 Å². The fourth-order valence-corrected chi connectivity index (χ4v) is 4.40. The van der Waals surface area contributed by atoms with Gasteiger partial charge < -0.3 is 10.2 Å². The summed E-state index contributed by atoms with van der Waals surface area (Å²) >= 11 is 8.80. The highest BCUT2D eigenvalue weighted by atomic mass is 35.5. The van der Waals surface area contributed by atoms with Gasteiger partial charge in [-0.3, -0.25) is 9.59 Å². The van der Waals surface area contributed by atoms with Gasteiger partial charge >= 0.3 is 0 Å². The highest BCUT2D eigenvalue weighted by molar-refractivity contribution is 8.00. The molecule has 8 heteroatoms. The summed E-state index contributed by atoms with van der Waals surface area (Å²) in [6.07, 6.45) is 3.63. The van der Waals surface area contributed by atoms with Crippen LogP contribution in [0, 0.1) is 0 Å². The van der Waals surface area contributed by atoms with E-state index in [0.717, 1.165) is 42.9 Å². The molecular formula is C19H22ClN3O2S2. The van der Waals surface area contributed by atoms with E-state index in [9.17, 15) is 9.59 Å². The topological polar surface area (TPSA) is 62.3 Å². The predicted octanol–water partition coefficient (Wildman–Crippen LogP) is 3.63. The second-order valence-electron chi connectivity index (χ2n) is 6.43. The van der Waals surface area contributed by atoms with Crippen LogP contribution in [0.5, 0.6) is 0 Å². The Hall–Kier alpha value is -1.57. The average molecular weight is 424 g/mol. The van der Waals surface area contributed by atoms with Crippen LogP contribution in [0.1, 0.15) is 25.0 Å². The Morgan fingerprint density at radius 2 is 1.96 bits per heavy atom. The number of halogens is 1. The number of carbonyl (C=O) groups excluding carboxylic acids is 2. The maximum atomic E-state index is 12.9. The molecule has 2 aromatic rings. The monoisotopic (exact) mass is 423 g/mol. The van der Waals surface area contributed by atoms with Gasteiger partial charge in [-0.05, 0) is 43.5 Å². The number of benzene rings is 1. The number of likely N-dealkylation sites (tertiary alicyclic amines) is 1. The molecule has 1 unspecified atom stereocenters. The van der Waals surface area contributed by atoms with Crippen LogP contribution in [0.4, 0.5) is 0 Å². The van der Waals surface area contributed by atoms with Gasteiger partial charge in [0.25, 0.3) is 0 Å². The second-order valence-corrected chi connectivity index (χ2v) is 8.64. The van der Waals surface area contributed by atoms with E-state index in [1.165, 1.54) is 23.1 Å². The number of thiazole rings is 1. The molecule has 0 saturated carbocycles. The Balaban J connectivity index is 1.59. The zero-order valence-electron chi connectivity index (χ0n) is 14.9. The van der Waals surface area contributed by atoms with Crippen molar-refractivity contribution in [3.8, 4) is 0 Å². The molecule has 2 amide bonds. The lowest BCUT2D eigenvalue weighted by molar-refractivity contribution is -0.136.